The summed E-state index contributed by atoms with van der Waals surface area (Å²) in [7, 11) is 0. The molecule has 7 heteroatoms. The number of carboxylic acid groups (broad SMARTS) is 1. The molecule has 98 valence electrons. The van der Waals surface area contributed by atoms with E-state index in [0.29, 0.717) is 10.7 Å². The highest BCUT2D eigenvalue weighted by atomic mass is 35.5. The van der Waals surface area contributed by atoms with Crippen LogP contribution < -0.4 is 4.90 Å². The maximum Gasteiger partial charge on any atom is 0.412 e. The van der Waals surface area contributed by atoms with Crippen molar-refractivity contribution in [3.8, 4) is 0 Å². The van der Waals surface area contributed by atoms with E-state index in [4.69, 9.17) is 16.7 Å². The van der Waals surface area contributed by atoms with Crippen LogP contribution in [0.3, 0.4) is 0 Å². The Morgan fingerprint density at radius 2 is 2.17 bits per heavy atom. The van der Waals surface area contributed by atoms with Gasteiger partial charge in [0.1, 0.15) is 0 Å². The lowest BCUT2D eigenvalue weighted by Gasteiger charge is -2.25. The van der Waals surface area contributed by atoms with Crippen molar-refractivity contribution in [2.24, 2.45) is 0 Å². The zero-order valence-electron chi connectivity index (χ0n) is 9.96. The third-order valence-corrected chi connectivity index (χ3v) is 2.63. The molecule has 6 nitrogen and oxygen atoms in total. The molecule has 18 heavy (non-hydrogen) atoms. The molecule has 0 bridgehead atoms. The molecule has 0 spiro atoms. The molecule has 1 N–H and O–H groups in total. The maximum atomic E-state index is 11.2. The van der Waals surface area contributed by atoms with Crippen LogP contribution in [0.1, 0.15) is 13.8 Å². The van der Waals surface area contributed by atoms with Crippen LogP contribution in [0.25, 0.3) is 0 Å². The number of anilines is 1. The minimum Gasteiger partial charge on any atom is -0.465 e. The van der Waals surface area contributed by atoms with Gasteiger partial charge in [0.05, 0.1) is 6.54 Å². The van der Waals surface area contributed by atoms with Gasteiger partial charge in [-0.15, -0.1) is 0 Å². The second-order valence-electron chi connectivity index (χ2n) is 4.42. The lowest BCUT2D eigenvalue weighted by atomic mass is 10.1. The molecule has 0 saturated carbocycles. The summed E-state index contributed by atoms with van der Waals surface area (Å²) in [5, 5.41) is 20.3. The number of nitrogens with zero attached hydrogens (tertiary/aromatic N) is 2. The topological polar surface area (TPSA) is 83.7 Å². The Kier molecular flexibility index (Phi) is 4.13. The highest BCUT2D eigenvalue weighted by molar-refractivity contribution is 6.30. The second-order valence-corrected chi connectivity index (χ2v) is 4.85. The Morgan fingerprint density at radius 1 is 1.56 bits per heavy atom. The van der Waals surface area contributed by atoms with Crippen LogP contribution in [0.5, 0.6) is 0 Å². The van der Waals surface area contributed by atoms with Crippen LogP contribution >= 0.6 is 11.6 Å². The van der Waals surface area contributed by atoms with Crippen molar-refractivity contribution in [1.29, 1.82) is 0 Å². The first-order valence-corrected chi connectivity index (χ1v) is 5.52. The van der Waals surface area contributed by atoms with Crippen molar-refractivity contribution in [3.63, 3.8) is 0 Å². The quantitative estimate of drug-likeness (QED) is 0.675. The molecule has 0 aliphatic rings. The largest absolute Gasteiger partial charge is 0.465 e. The molecular weight excluding hydrogens is 260 g/mol. The van der Waals surface area contributed by atoms with E-state index in [1.165, 1.54) is 26.0 Å². The summed E-state index contributed by atoms with van der Waals surface area (Å²) in [4.78, 5) is 22.4. The Hall–Kier alpha value is -1.82. The summed E-state index contributed by atoms with van der Waals surface area (Å²) in [6.45, 7) is 2.48. The maximum absolute atomic E-state index is 11.2. The van der Waals surface area contributed by atoms with Crippen molar-refractivity contribution in [3.05, 3.63) is 39.4 Å². The molecule has 0 fully saturated rings. The second kappa shape index (κ2) is 5.22. The molecular formula is C11H13ClN2O4. The molecule has 0 heterocycles. The lowest BCUT2D eigenvalue weighted by Crippen LogP contribution is -2.46. The summed E-state index contributed by atoms with van der Waals surface area (Å²) in [5.74, 6) is 0. The number of amides is 1. The van der Waals surface area contributed by atoms with Crippen LogP contribution in [-0.2, 0) is 0 Å². The fourth-order valence-corrected chi connectivity index (χ4v) is 1.54. The van der Waals surface area contributed by atoms with E-state index in [0.717, 1.165) is 4.90 Å². The van der Waals surface area contributed by atoms with Crippen molar-refractivity contribution in [1.82, 2.24) is 0 Å². The standard InChI is InChI=1S/C11H13ClN2O4/c1-11(2,14(17)18)7-13(10(15)16)9-5-3-4-8(12)6-9/h3-6H,7H2,1-2H3,(H,15,16). The molecule has 1 aromatic carbocycles. The Morgan fingerprint density at radius 3 is 2.61 bits per heavy atom. The van der Waals surface area contributed by atoms with Crippen LogP contribution in [-0.4, -0.2) is 28.2 Å². The van der Waals surface area contributed by atoms with E-state index in [2.05, 4.69) is 0 Å². The van der Waals surface area contributed by atoms with Gasteiger partial charge in [-0.25, -0.2) is 4.79 Å². The van der Waals surface area contributed by atoms with Crippen molar-refractivity contribution in [2.75, 3.05) is 11.4 Å². The molecule has 0 aliphatic heterocycles. The minimum atomic E-state index is -1.37. The first kappa shape index (κ1) is 14.2. The van der Waals surface area contributed by atoms with Gasteiger partial charge >= 0.3 is 6.09 Å². The zero-order chi connectivity index (χ0) is 13.9. The van der Waals surface area contributed by atoms with E-state index in [9.17, 15) is 14.9 Å². The SMILES string of the molecule is CC(C)(CN(C(=O)O)c1cccc(Cl)c1)[N+](=O)[O-]. The number of carbonyl (C=O) groups is 1. The smallest absolute Gasteiger partial charge is 0.412 e. The Labute approximate surface area is 109 Å². The molecule has 1 amide bonds. The predicted molar refractivity (Wildman–Crippen MR) is 67.9 cm³/mol. The fourth-order valence-electron chi connectivity index (χ4n) is 1.36. The van der Waals surface area contributed by atoms with Crippen LogP contribution in [0.2, 0.25) is 5.02 Å². The molecule has 0 aliphatic carbocycles. The molecule has 0 atom stereocenters. The average Bonchev–Trinajstić information content (AvgIpc) is 2.25. The summed E-state index contributed by atoms with van der Waals surface area (Å²) >= 11 is 5.77. The number of hydrogen-bond donors (Lipinski definition) is 1. The summed E-state index contributed by atoms with van der Waals surface area (Å²) in [5.41, 5.74) is -1.06. The van der Waals surface area contributed by atoms with Gasteiger partial charge in [0.25, 0.3) is 0 Å². The summed E-state index contributed by atoms with van der Waals surface area (Å²) < 4.78 is 0. The highest BCUT2D eigenvalue weighted by Gasteiger charge is 2.35. The molecule has 1 rings (SSSR count). The van der Waals surface area contributed by atoms with E-state index >= 15 is 0 Å². The van der Waals surface area contributed by atoms with Crippen molar-refractivity contribution in [2.45, 2.75) is 19.4 Å². The zero-order valence-corrected chi connectivity index (χ0v) is 10.7. The Balaban J connectivity index is 3.05. The van der Waals surface area contributed by atoms with E-state index in [-0.39, 0.29) is 6.54 Å². The average molecular weight is 273 g/mol. The highest BCUT2D eigenvalue weighted by Crippen LogP contribution is 2.22. The van der Waals surface area contributed by atoms with E-state index < -0.39 is 16.6 Å². The number of nitro groups is 1. The number of hydrogen-bond acceptors (Lipinski definition) is 3. The Bertz CT molecular complexity index is 476. The van der Waals surface area contributed by atoms with Gasteiger partial charge in [0.2, 0.25) is 5.54 Å². The number of rotatable bonds is 4. The molecule has 1 aromatic rings. The molecule has 0 radical (unpaired) electrons. The molecule has 0 aromatic heterocycles. The van der Waals surface area contributed by atoms with Crippen LogP contribution in [0.15, 0.2) is 24.3 Å². The third-order valence-electron chi connectivity index (χ3n) is 2.39. The van der Waals surface area contributed by atoms with Crippen LogP contribution in [0, 0.1) is 10.1 Å². The van der Waals surface area contributed by atoms with Crippen molar-refractivity contribution >= 4 is 23.4 Å². The van der Waals surface area contributed by atoms with Gasteiger partial charge < -0.3 is 5.11 Å². The number of benzene rings is 1. The first-order chi connectivity index (χ1) is 8.24. The molecule has 0 saturated heterocycles. The summed E-state index contributed by atoms with van der Waals surface area (Å²) in [6, 6.07) is 6.18. The first-order valence-electron chi connectivity index (χ1n) is 5.14. The van der Waals surface area contributed by atoms with Gasteiger partial charge in [-0.05, 0) is 18.2 Å². The van der Waals surface area contributed by atoms with Crippen molar-refractivity contribution < 1.29 is 14.8 Å². The minimum absolute atomic E-state index is 0.254. The number of halogens is 1. The van der Waals surface area contributed by atoms with Gasteiger partial charge in [-0.1, -0.05) is 17.7 Å². The lowest BCUT2D eigenvalue weighted by molar-refractivity contribution is -0.556. The molecule has 0 unspecified atom stereocenters. The van der Waals surface area contributed by atoms with Gasteiger partial charge in [-0.3, -0.25) is 15.0 Å². The van der Waals surface area contributed by atoms with Gasteiger partial charge in [0.15, 0.2) is 0 Å². The third kappa shape index (κ3) is 3.33. The predicted octanol–water partition coefficient (Wildman–Crippen LogP) is 2.88. The van der Waals surface area contributed by atoms with E-state index in [1.54, 1.807) is 12.1 Å². The van der Waals surface area contributed by atoms with Gasteiger partial charge in [0, 0.05) is 29.5 Å². The fraction of sp³-hybridized carbons (Fsp3) is 0.364. The summed E-state index contributed by atoms with van der Waals surface area (Å²) in [6.07, 6.45) is -1.26. The monoisotopic (exact) mass is 272 g/mol. The normalized spacial score (nSPS) is 11.1. The van der Waals surface area contributed by atoms with E-state index in [1.807, 2.05) is 0 Å². The van der Waals surface area contributed by atoms with Crippen LogP contribution in [0.4, 0.5) is 10.5 Å². The van der Waals surface area contributed by atoms with Gasteiger partial charge in [-0.2, -0.15) is 0 Å².